The minimum atomic E-state index is 1.05. The highest BCUT2D eigenvalue weighted by Crippen LogP contribution is 2.25. The lowest BCUT2D eigenvalue weighted by Gasteiger charge is -2.17. The zero-order valence-electron chi connectivity index (χ0n) is 24.2. The summed E-state index contributed by atoms with van der Waals surface area (Å²) < 4.78 is 0. The fourth-order valence-electron chi connectivity index (χ4n) is 6.22. The largest absolute Gasteiger partial charge is 0.0654 e. The van der Waals surface area contributed by atoms with Crippen molar-refractivity contribution in [3.05, 3.63) is 0 Å². The molecule has 0 heteroatoms. The van der Waals surface area contributed by atoms with E-state index >= 15 is 0 Å². The molecule has 204 valence electrons. The van der Waals surface area contributed by atoms with Gasteiger partial charge in [-0.05, 0) is 5.92 Å². The third-order valence-corrected chi connectivity index (χ3v) is 8.69. The van der Waals surface area contributed by atoms with Crippen molar-refractivity contribution >= 4 is 0 Å². The maximum atomic E-state index is 2.32. The molecule has 0 atom stereocenters. The second kappa shape index (κ2) is 27.6. The smallest absolute Gasteiger partial charge is 0.0414 e. The predicted octanol–water partition coefficient (Wildman–Crippen LogP) is 13.1. The van der Waals surface area contributed by atoms with Crippen molar-refractivity contribution in [2.24, 2.45) is 5.92 Å². The van der Waals surface area contributed by atoms with Gasteiger partial charge < -0.3 is 0 Å². The minimum Gasteiger partial charge on any atom is -0.0654 e. The van der Waals surface area contributed by atoms with E-state index in [-0.39, 0.29) is 0 Å². The molecule has 0 aliphatic heterocycles. The van der Waals surface area contributed by atoms with Gasteiger partial charge >= 0.3 is 0 Å². The van der Waals surface area contributed by atoms with E-state index in [9.17, 15) is 0 Å². The molecule has 0 N–H and O–H groups in total. The Labute approximate surface area is 218 Å². The molecule has 0 nitrogen and oxygen atoms in total. The quantitative estimate of drug-likeness (QED) is 0.260. The molecule has 1 saturated carbocycles. The van der Waals surface area contributed by atoms with Crippen LogP contribution in [0.1, 0.15) is 212 Å². The maximum Gasteiger partial charge on any atom is -0.0414 e. The summed E-state index contributed by atoms with van der Waals surface area (Å²) in [6.45, 7) is 2.32. The highest BCUT2D eigenvalue weighted by atomic mass is 14.1. The summed E-state index contributed by atoms with van der Waals surface area (Å²) in [4.78, 5) is 0. The Kier molecular flexibility index (Phi) is 26.0. The Hall–Kier alpha value is 0. The van der Waals surface area contributed by atoms with Crippen LogP contribution >= 0.6 is 0 Å². The standard InChI is InChI=1S/C34H68/c1-2-3-4-5-6-7-19-22-25-28-31-34-32-29-26-23-20-17-15-13-11-9-8-10-12-14-16-18-21-24-27-30-33-34/h34H,2-33H2,1H3. The van der Waals surface area contributed by atoms with Crippen molar-refractivity contribution in [2.45, 2.75) is 212 Å². The lowest BCUT2D eigenvalue weighted by atomic mass is 9.89. The molecule has 0 bridgehead atoms. The van der Waals surface area contributed by atoms with E-state index in [0.717, 1.165) is 5.92 Å². The molecule has 0 spiro atoms. The van der Waals surface area contributed by atoms with Gasteiger partial charge in [0.05, 0.1) is 0 Å². The molecule has 0 amide bonds. The third-order valence-electron chi connectivity index (χ3n) is 8.69. The van der Waals surface area contributed by atoms with Crippen LogP contribution in [0.25, 0.3) is 0 Å². The van der Waals surface area contributed by atoms with Gasteiger partial charge in [0.15, 0.2) is 0 Å². The summed E-state index contributed by atoms with van der Waals surface area (Å²) in [6, 6.07) is 0. The first-order valence-corrected chi connectivity index (χ1v) is 16.9. The fourth-order valence-corrected chi connectivity index (χ4v) is 6.22. The van der Waals surface area contributed by atoms with Gasteiger partial charge in [0.25, 0.3) is 0 Å². The number of rotatable bonds is 11. The molecule has 1 fully saturated rings. The van der Waals surface area contributed by atoms with Gasteiger partial charge in [-0.1, -0.05) is 212 Å². The Bertz CT molecular complexity index is 337. The zero-order chi connectivity index (χ0) is 24.2. The van der Waals surface area contributed by atoms with E-state index in [0.29, 0.717) is 0 Å². The van der Waals surface area contributed by atoms with E-state index < -0.39 is 0 Å². The molecule has 0 aromatic rings. The predicted molar refractivity (Wildman–Crippen MR) is 157 cm³/mol. The normalized spacial score (nSPS) is 20.4. The molecule has 0 saturated heterocycles. The van der Waals surface area contributed by atoms with Crippen molar-refractivity contribution in [3.8, 4) is 0 Å². The SMILES string of the molecule is CCCCCCCCCCCCC1CCCCCCCCCCCCCCCCCCCCC1. The summed E-state index contributed by atoms with van der Waals surface area (Å²) in [7, 11) is 0. The van der Waals surface area contributed by atoms with Gasteiger partial charge in [-0.25, -0.2) is 0 Å². The minimum absolute atomic E-state index is 1.05. The van der Waals surface area contributed by atoms with Crippen molar-refractivity contribution in [1.82, 2.24) is 0 Å². The number of hydrogen-bond acceptors (Lipinski definition) is 0. The van der Waals surface area contributed by atoms with Crippen molar-refractivity contribution < 1.29 is 0 Å². The Balaban J connectivity index is 2.16. The lowest BCUT2D eigenvalue weighted by molar-refractivity contribution is 0.365. The van der Waals surface area contributed by atoms with Crippen LogP contribution in [0.5, 0.6) is 0 Å². The number of hydrogen-bond donors (Lipinski definition) is 0. The summed E-state index contributed by atoms with van der Waals surface area (Å²) >= 11 is 0. The maximum absolute atomic E-state index is 2.32. The number of unbranched alkanes of at least 4 members (excludes halogenated alkanes) is 9. The van der Waals surface area contributed by atoms with Crippen LogP contribution < -0.4 is 0 Å². The molecule has 0 heterocycles. The van der Waals surface area contributed by atoms with Crippen LogP contribution in [0, 0.1) is 5.92 Å². The first-order valence-electron chi connectivity index (χ1n) is 16.9. The lowest BCUT2D eigenvalue weighted by Crippen LogP contribution is -2.01. The van der Waals surface area contributed by atoms with Crippen LogP contribution in [-0.2, 0) is 0 Å². The van der Waals surface area contributed by atoms with Gasteiger partial charge in [-0.2, -0.15) is 0 Å². The Morgan fingerprint density at radius 1 is 0.324 bits per heavy atom. The average Bonchev–Trinajstić information content (AvgIpc) is 2.85. The molecule has 34 heavy (non-hydrogen) atoms. The van der Waals surface area contributed by atoms with Crippen molar-refractivity contribution in [1.29, 1.82) is 0 Å². The molecule has 0 unspecified atom stereocenters. The second-order valence-electron chi connectivity index (χ2n) is 12.1. The van der Waals surface area contributed by atoms with Gasteiger partial charge in [0.1, 0.15) is 0 Å². The summed E-state index contributed by atoms with van der Waals surface area (Å²) in [5, 5.41) is 0. The van der Waals surface area contributed by atoms with E-state index in [1.165, 1.54) is 205 Å². The van der Waals surface area contributed by atoms with Crippen LogP contribution in [0.2, 0.25) is 0 Å². The second-order valence-corrected chi connectivity index (χ2v) is 12.1. The van der Waals surface area contributed by atoms with Crippen LogP contribution in [0.3, 0.4) is 0 Å². The Morgan fingerprint density at radius 3 is 0.912 bits per heavy atom. The van der Waals surface area contributed by atoms with Crippen LogP contribution in [-0.4, -0.2) is 0 Å². The van der Waals surface area contributed by atoms with Gasteiger partial charge in [-0.3, -0.25) is 0 Å². The summed E-state index contributed by atoms with van der Waals surface area (Å²) in [5.74, 6) is 1.05. The molecule has 1 aliphatic carbocycles. The van der Waals surface area contributed by atoms with Crippen molar-refractivity contribution in [3.63, 3.8) is 0 Å². The van der Waals surface area contributed by atoms with E-state index in [2.05, 4.69) is 6.92 Å². The molecule has 1 rings (SSSR count). The van der Waals surface area contributed by atoms with Gasteiger partial charge in [0.2, 0.25) is 0 Å². The highest BCUT2D eigenvalue weighted by molar-refractivity contribution is 4.62. The summed E-state index contributed by atoms with van der Waals surface area (Å²) in [6.07, 6.45) is 48.0. The monoisotopic (exact) mass is 477 g/mol. The molecular weight excluding hydrogens is 408 g/mol. The first kappa shape index (κ1) is 32.0. The molecule has 0 aromatic carbocycles. The Morgan fingerprint density at radius 2 is 0.588 bits per heavy atom. The zero-order valence-corrected chi connectivity index (χ0v) is 24.2. The van der Waals surface area contributed by atoms with E-state index in [4.69, 9.17) is 0 Å². The van der Waals surface area contributed by atoms with Crippen LogP contribution in [0.4, 0.5) is 0 Å². The first-order chi connectivity index (χ1) is 16.9. The van der Waals surface area contributed by atoms with Crippen molar-refractivity contribution in [2.75, 3.05) is 0 Å². The molecule has 0 radical (unpaired) electrons. The average molecular weight is 477 g/mol. The summed E-state index contributed by atoms with van der Waals surface area (Å²) in [5.41, 5.74) is 0. The molecule has 0 aromatic heterocycles. The fraction of sp³-hybridized carbons (Fsp3) is 1.00. The topological polar surface area (TPSA) is 0 Å². The van der Waals surface area contributed by atoms with E-state index in [1.54, 1.807) is 0 Å². The third kappa shape index (κ3) is 23.7. The molecular formula is C34H68. The van der Waals surface area contributed by atoms with Crippen LogP contribution in [0.15, 0.2) is 0 Å². The highest BCUT2D eigenvalue weighted by Gasteiger charge is 2.09. The van der Waals surface area contributed by atoms with Gasteiger partial charge in [0, 0.05) is 0 Å². The van der Waals surface area contributed by atoms with Gasteiger partial charge in [-0.15, -0.1) is 0 Å². The molecule has 1 aliphatic rings. The van der Waals surface area contributed by atoms with E-state index in [1.807, 2.05) is 0 Å².